The van der Waals surface area contributed by atoms with Crippen LogP contribution < -0.4 is 0 Å². The molecule has 2 radical (unpaired) electrons. The molecule has 0 amide bonds. The summed E-state index contributed by atoms with van der Waals surface area (Å²) in [6.07, 6.45) is 6.31. The number of halogens is 2. The Morgan fingerprint density at radius 3 is 2.56 bits per heavy atom. The van der Waals surface area contributed by atoms with Crippen LogP contribution >= 0.6 is 23.2 Å². The van der Waals surface area contributed by atoms with Gasteiger partial charge in [0.05, 0.1) is 9.52 Å². The number of rotatable bonds is 8. The minimum atomic E-state index is 0.299. The van der Waals surface area contributed by atoms with E-state index in [0.717, 1.165) is 21.0 Å². The number of hydrogen-bond donors (Lipinski definition) is 0. The second-order valence-electron chi connectivity index (χ2n) is 4.73. The Hall–Kier alpha value is 0.0169. The Morgan fingerprint density at radius 1 is 1.17 bits per heavy atom. The SMILES string of the molecule is CCCCCCC(Cl)[Si]C(C)c1ccccc1Cl. The highest BCUT2D eigenvalue weighted by molar-refractivity contribution is 6.54. The quantitative estimate of drug-likeness (QED) is 0.331. The molecule has 3 heteroatoms. The maximum absolute atomic E-state index is 6.43. The summed E-state index contributed by atoms with van der Waals surface area (Å²) in [5.74, 6) is 0. The van der Waals surface area contributed by atoms with Crippen molar-refractivity contribution in [2.45, 2.75) is 56.5 Å². The fraction of sp³-hybridized carbons (Fsp3) is 0.600. The molecular formula is C15H22Cl2Si. The summed E-state index contributed by atoms with van der Waals surface area (Å²) >= 11 is 12.6. The van der Waals surface area contributed by atoms with Gasteiger partial charge in [-0.05, 0) is 23.6 Å². The predicted octanol–water partition coefficient (Wildman–Crippen LogP) is 5.64. The van der Waals surface area contributed by atoms with Crippen molar-refractivity contribution in [2.24, 2.45) is 0 Å². The molecule has 1 aromatic rings. The lowest BCUT2D eigenvalue weighted by Crippen LogP contribution is -2.17. The van der Waals surface area contributed by atoms with Gasteiger partial charge in [-0.15, -0.1) is 11.6 Å². The molecule has 2 unspecified atom stereocenters. The molecule has 0 nitrogen and oxygen atoms in total. The van der Waals surface area contributed by atoms with Crippen LogP contribution in [0.25, 0.3) is 0 Å². The number of hydrogen-bond acceptors (Lipinski definition) is 0. The molecule has 1 rings (SSSR count). The van der Waals surface area contributed by atoms with Crippen LogP contribution in [-0.4, -0.2) is 14.5 Å². The van der Waals surface area contributed by atoms with Crippen LogP contribution in [0.3, 0.4) is 0 Å². The van der Waals surface area contributed by atoms with Crippen molar-refractivity contribution in [3.8, 4) is 0 Å². The molecule has 100 valence electrons. The van der Waals surface area contributed by atoms with Gasteiger partial charge < -0.3 is 0 Å². The molecule has 0 aliphatic carbocycles. The van der Waals surface area contributed by atoms with E-state index in [-0.39, 0.29) is 0 Å². The molecule has 0 spiro atoms. The van der Waals surface area contributed by atoms with Crippen molar-refractivity contribution in [1.29, 1.82) is 0 Å². The lowest BCUT2D eigenvalue weighted by Gasteiger charge is -2.16. The lowest BCUT2D eigenvalue weighted by atomic mass is 10.2. The minimum absolute atomic E-state index is 0.299. The van der Waals surface area contributed by atoms with Gasteiger partial charge in [0.2, 0.25) is 0 Å². The Morgan fingerprint density at radius 2 is 1.89 bits per heavy atom. The van der Waals surface area contributed by atoms with Crippen molar-refractivity contribution in [3.05, 3.63) is 34.9 Å². The first-order valence-electron chi connectivity index (χ1n) is 6.79. The second-order valence-corrected chi connectivity index (χ2v) is 7.92. The zero-order valence-electron chi connectivity index (χ0n) is 11.3. The number of alkyl halides is 1. The van der Waals surface area contributed by atoms with E-state index in [2.05, 4.69) is 19.9 Å². The average molecular weight is 301 g/mol. The maximum atomic E-state index is 6.43. The van der Waals surface area contributed by atoms with Crippen molar-refractivity contribution in [3.63, 3.8) is 0 Å². The molecule has 0 bridgehead atoms. The van der Waals surface area contributed by atoms with E-state index >= 15 is 0 Å². The van der Waals surface area contributed by atoms with Crippen molar-refractivity contribution in [1.82, 2.24) is 0 Å². The minimum Gasteiger partial charge on any atom is -0.127 e. The highest BCUT2D eigenvalue weighted by Gasteiger charge is 2.15. The smallest absolute Gasteiger partial charge is 0.0706 e. The van der Waals surface area contributed by atoms with Crippen LogP contribution in [0.5, 0.6) is 0 Å². The number of unbranched alkanes of at least 4 members (excludes halogenated alkanes) is 3. The van der Waals surface area contributed by atoms with Gasteiger partial charge in [-0.3, -0.25) is 0 Å². The van der Waals surface area contributed by atoms with Crippen LogP contribution in [0, 0.1) is 0 Å². The summed E-state index contributed by atoms with van der Waals surface area (Å²) in [6, 6.07) is 8.10. The van der Waals surface area contributed by atoms with E-state index in [9.17, 15) is 0 Å². The van der Waals surface area contributed by atoms with Crippen molar-refractivity contribution in [2.75, 3.05) is 0 Å². The molecule has 18 heavy (non-hydrogen) atoms. The van der Waals surface area contributed by atoms with E-state index in [4.69, 9.17) is 23.2 Å². The van der Waals surface area contributed by atoms with Gasteiger partial charge in [-0.25, -0.2) is 0 Å². The summed E-state index contributed by atoms with van der Waals surface area (Å²) < 4.78 is 0. The van der Waals surface area contributed by atoms with Gasteiger partial charge in [-0.2, -0.15) is 0 Å². The van der Waals surface area contributed by atoms with Gasteiger partial charge in [0, 0.05) is 10.0 Å². The molecule has 0 aromatic heterocycles. The molecule has 1 aromatic carbocycles. The van der Waals surface area contributed by atoms with Gasteiger partial charge in [-0.1, -0.05) is 69.3 Å². The maximum Gasteiger partial charge on any atom is 0.0706 e. The summed E-state index contributed by atoms with van der Waals surface area (Å²) in [7, 11) is 0.746. The molecule has 0 saturated heterocycles. The molecule has 0 fully saturated rings. The molecule has 0 aliphatic heterocycles. The third kappa shape index (κ3) is 5.77. The van der Waals surface area contributed by atoms with Gasteiger partial charge in [0.25, 0.3) is 0 Å². The molecule has 0 saturated carbocycles. The normalized spacial score (nSPS) is 14.4. The summed E-state index contributed by atoms with van der Waals surface area (Å²) in [5, 5.41) is 1.17. The topological polar surface area (TPSA) is 0 Å². The van der Waals surface area contributed by atoms with Crippen LogP contribution in [0.1, 0.15) is 57.1 Å². The first kappa shape index (κ1) is 16.1. The van der Waals surface area contributed by atoms with Crippen LogP contribution in [0.2, 0.25) is 5.02 Å². The third-order valence-corrected chi connectivity index (χ3v) is 5.52. The molecule has 0 aliphatic rings. The van der Waals surface area contributed by atoms with Gasteiger partial charge in [0.15, 0.2) is 0 Å². The largest absolute Gasteiger partial charge is 0.127 e. The zero-order valence-corrected chi connectivity index (χ0v) is 13.8. The highest BCUT2D eigenvalue weighted by Crippen LogP contribution is 2.25. The van der Waals surface area contributed by atoms with E-state index < -0.39 is 0 Å². The summed E-state index contributed by atoms with van der Waals surface area (Å²) in [4.78, 5) is 0. The fourth-order valence-electron chi connectivity index (χ4n) is 2.02. The van der Waals surface area contributed by atoms with Crippen LogP contribution in [0.15, 0.2) is 24.3 Å². The molecular weight excluding hydrogens is 279 g/mol. The van der Waals surface area contributed by atoms with E-state index in [1.165, 1.54) is 31.2 Å². The van der Waals surface area contributed by atoms with Crippen molar-refractivity contribution >= 4 is 32.7 Å². The lowest BCUT2D eigenvalue weighted by molar-refractivity contribution is 0.647. The summed E-state index contributed by atoms with van der Waals surface area (Å²) in [5.41, 5.74) is 1.70. The van der Waals surface area contributed by atoms with Gasteiger partial charge >= 0.3 is 0 Å². The highest BCUT2D eigenvalue weighted by atomic mass is 35.5. The standard InChI is InChI=1S/C15H22Cl2Si/c1-3-4-5-6-11-15(17)18-12(2)13-9-7-8-10-14(13)16/h7-10,12,15H,3-6,11H2,1-2H3. The Balaban J connectivity index is 2.35. The molecule has 2 atom stereocenters. The average Bonchev–Trinajstić information content (AvgIpc) is 2.35. The first-order chi connectivity index (χ1) is 8.65. The first-order valence-corrected chi connectivity index (χ1v) is 8.76. The molecule has 0 heterocycles. The van der Waals surface area contributed by atoms with E-state index in [1.54, 1.807) is 0 Å². The number of benzene rings is 1. The van der Waals surface area contributed by atoms with E-state index in [1.807, 2.05) is 18.2 Å². The monoisotopic (exact) mass is 300 g/mol. The third-order valence-electron chi connectivity index (χ3n) is 3.11. The Labute approximate surface area is 124 Å². The van der Waals surface area contributed by atoms with E-state index in [0.29, 0.717) is 10.5 Å². The van der Waals surface area contributed by atoms with Crippen LogP contribution in [-0.2, 0) is 0 Å². The fourth-order valence-corrected chi connectivity index (χ4v) is 4.48. The second kappa shape index (κ2) is 9.01. The van der Waals surface area contributed by atoms with Gasteiger partial charge in [0.1, 0.15) is 0 Å². The van der Waals surface area contributed by atoms with Crippen LogP contribution in [0.4, 0.5) is 0 Å². The Kier molecular flexibility index (Phi) is 8.04. The predicted molar refractivity (Wildman–Crippen MR) is 84.0 cm³/mol. The van der Waals surface area contributed by atoms with Crippen molar-refractivity contribution < 1.29 is 0 Å². The molecule has 0 N–H and O–H groups in total. The Bertz CT molecular complexity index is 341. The zero-order chi connectivity index (χ0) is 13.4. The summed E-state index contributed by atoms with van der Waals surface area (Å²) in [6.45, 7) is 4.46.